The average Bonchev–Trinajstić information content (AvgIpc) is 2.59. The average molecular weight is 192 g/mol. The van der Waals surface area contributed by atoms with Crippen LogP contribution in [0.4, 0.5) is 0 Å². The number of hydrogen-bond acceptors (Lipinski definition) is 3. The number of aldehydes is 1. The maximum absolute atomic E-state index is 10.6. The van der Waals surface area contributed by atoms with E-state index in [9.17, 15) is 9.59 Å². The smallest absolute Gasteiger partial charge is 0.345 e. The van der Waals surface area contributed by atoms with E-state index in [0.717, 1.165) is 11.8 Å². The molecule has 0 fully saturated rings. The van der Waals surface area contributed by atoms with Gasteiger partial charge in [0.1, 0.15) is 12.0 Å². The zero-order chi connectivity index (χ0) is 10.1. The van der Waals surface area contributed by atoms with Gasteiger partial charge in [-0.3, -0.25) is 4.79 Å². The minimum absolute atomic E-state index is 0.326. The lowest BCUT2D eigenvalue weighted by Crippen LogP contribution is -2.24. The van der Waals surface area contributed by atoms with E-state index < -0.39 is 12.1 Å². The Kier molecular flexibility index (Phi) is 1.96. The summed E-state index contributed by atoms with van der Waals surface area (Å²) in [4.78, 5) is 21.1. The number of fused-ring (bicyclic) bond motifs is 1. The van der Waals surface area contributed by atoms with Crippen LogP contribution in [0.5, 0.6) is 5.75 Å². The molecule has 0 aromatic heterocycles. The standard InChI is InChI=1S/C10H8O4/c11-5-6-1-2-8-7(3-6)4-9(14-8)10(12)13/h1-3,5,9H,4H2,(H,12,13). The van der Waals surface area contributed by atoms with Gasteiger partial charge in [0, 0.05) is 12.0 Å². The SMILES string of the molecule is O=Cc1ccc2c(c1)CC(C(=O)O)O2. The molecule has 0 aliphatic carbocycles. The normalized spacial score (nSPS) is 18.4. The van der Waals surface area contributed by atoms with E-state index in [1.165, 1.54) is 0 Å². The van der Waals surface area contributed by atoms with Gasteiger partial charge >= 0.3 is 5.97 Å². The van der Waals surface area contributed by atoms with Crippen molar-refractivity contribution in [2.24, 2.45) is 0 Å². The Balaban J connectivity index is 2.31. The molecule has 0 radical (unpaired) electrons. The molecule has 1 heterocycles. The number of hydrogen-bond donors (Lipinski definition) is 1. The van der Waals surface area contributed by atoms with Crippen LogP contribution >= 0.6 is 0 Å². The fourth-order valence-electron chi connectivity index (χ4n) is 1.48. The van der Waals surface area contributed by atoms with Crippen molar-refractivity contribution in [3.63, 3.8) is 0 Å². The number of benzene rings is 1. The summed E-state index contributed by atoms with van der Waals surface area (Å²) < 4.78 is 5.15. The van der Waals surface area contributed by atoms with Crippen molar-refractivity contribution in [1.82, 2.24) is 0 Å². The Bertz CT molecular complexity index is 397. The second-order valence-corrected chi connectivity index (χ2v) is 3.13. The highest BCUT2D eigenvalue weighted by atomic mass is 16.5. The Morgan fingerprint density at radius 2 is 2.36 bits per heavy atom. The lowest BCUT2D eigenvalue weighted by molar-refractivity contribution is -0.144. The molecule has 2 rings (SSSR count). The minimum atomic E-state index is -0.978. The van der Waals surface area contributed by atoms with E-state index >= 15 is 0 Å². The van der Waals surface area contributed by atoms with Gasteiger partial charge in [-0.05, 0) is 23.8 Å². The fraction of sp³-hybridized carbons (Fsp3) is 0.200. The summed E-state index contributed by atoms with van der Waals surface area (Å²) in [5.74, 6) is -0.420. The Hall–Kier alpha value is -1.84. The van der Waals surface area contributed by atoms with Crippen molar-refractivity contribution in [3.05, 3.63) is 29.3 Å². The van der Waals surface area contributed by atoms with Gasteiger partial charge in [-0.15, -0.1) is 0 Å². The number of carbonyl (C=O) groups excluding carboxylic acids is 1. The zero-order valence-corrected chi connectivity index (χ0v) is 7.27. The third-order valence-corrected chi connectivity index (χ3v) is 2.17. The van der Waals surface area contributed by atoms with Crippen LogP contribution in [0.1, 0.15) is 15.9 Å². The van der Waals surface area contributed by atoms with Gasteiger partial charge in [0.15, 0.2) is 6.10 Å². The van der Waals surface area contributed by atoms with Crippen LogP contribution in [0.3, 0.4) is 0 Å². The van der Waals surface area contributed by atoms with Gasteiger partial charge < -0.3 is 9.84 Å². The molecular weight excluding hydrogens is 184 g/mol. The van der Waals surface area contributed by atoms with Crippen molar-refractivity contribution in [1.29, 1.82) is 0 Å². The quantitative estimate of drug-likeness (QED) is 0.706. The van der Waals surface area contributed by atoms with E-state index in [2.05, 4.69) is 0 Å². The van der Waals surface area contributed by atoms with Crippen molar-refractivity contribution in [3.8, 4) is 5.75 Å². The number of rotatable bonds is 2. The summed E-state index contributed by atoms with van der Waals surface area (Å²) in [5, 5.41) is 8.72. The third kappa shape index (κ3) is 1.35. The molecule has 1 aromatic rings. The van der Waals surface area contributed by atoms with E-state index in [1.54, 1.807) is 18.2 Å². The minimum Gasteiger partial charge on any atom is -0.478 e. The molecular formula is C10H8O4. The summed E-state index contributed by atoms with van der Waals surface area (Å²) >= 11 is 0. The largest absolute Gasteiger partial charge is 0.478 e. The van der Waals surface area contributed by atoms with Crippen LogP contribution in [0.25, 0.3) is 0 Å². The van der Waals surface area contributed by atoms with Crippen molar-refractivity contribution < 1.29 is 19.4 Å². The Labute approximate surface area is 80.1 Å². The monoisotopic (exact) mass is 192 g/mol. The molecule has 14 heavy (non-hydrogen) atoms. The summed E-state index contributed by atoms with van der Waals surface area (Å²) in [6.07, 6.45) is 0.243. The zero-order valence-electron chi connectivity index (χ0n) is 7.27. The van der Waals surface area contributed by atoms with Crippen LogP contribution in [0.15, 0.2) is 18.2 Å². The van der Waals surface area contributed by atoms with Gasteiger partial charge in [0.25, 0.3) is 0 Å². The summed E-state index contributed by atoms with van der Waals surface area (Å²) in [6, 6.07) is 4.89. The van der Waals surface area contributed by atoms with E-state index in [0.29, 0.717) is 17.7 Å². The molecule has 0 saturated carbocycles. The van der Waals surface area contributed by atoms with Gasteiger partial charge in [-0.2, -0.15) is 0 Å². The van der Waals surface area contributed by atoms with Gasteiger partial charge in [0.05, 0.1) is 0 Å². The summed E-state index contributed by atoms with van der Waals surface area (Å²) in [7, 11) is 0. The molecule has 4 heteroatoms. The number of aliphatic carboxylic acids is 1. The van der Waals surface area contributed by atoms with Crippen molar-refractivity contribution in [2.45, 2.75) is 12.5 Å². The van der Waals surface area contributed by atoms with Crippen LogP contribution in [-0.4, -0.2) is 23.5 Å². The van der Waals surface area contributed by atoms with Gasteiger partial charge in [0.2, 0.25) is 0 Å². The number of carboxylic acids is 1. The molecule has 1 unspecified atom stereocenters. The second-order valence-electron chi connectivity index (χ2n) is 3.13. The van der Waals surface area contributed by atoms with Gasteiger partial charge in [-0.1, -0.05) is 0 Å². The molecule has 72 valence electrons. The molecule has 1 atom stereocenters. The molecule has 1 aromatic carbocycles. The van der Waals surface area contributed by atoms with Crippen molar-refractivity contribution in [2.75, 3.05) is 0 Å². The van der Waals surface area contributed by atoms with Crippen LogP contribution in [0, 0.1) is 0 Å². The molecule has 0 spiro atoms. The molecule has 1 N–H and O–H groups in total. The van der Waals surface area contributed by atoms with Crippen LogP contribution in [0.2, 0.25) is 0 Å². The van der Waals surface area contributed by atoms with E-state index in [-0.39, 0.29) is 0 Å². The second kappa shape index (κ2) is 3.14. The molecule has 0 amide bonds. The van der Waals surface area contributed by atoms with E-state index in [1.807, 2.05) is 0 Å². The molecule has 1 aliphatic heterocycles. The number of carbonyl (C=O) groups is 2. The van der Waals surface area contributed by atoms with Crippen molar-refractivity contribution >= 4 is 12.3 Å². The third-order valence-electron chi connectivity index (χ3n) is 2.17. The molecule has 4 nitrogen and oxygen atoms in total. The summed E-state index contributed by atoms with van der Waals surface area (Å²) in [6.45, 7) is 0. The highest BCUT2D eigenvalue weighted by Crippen LogP contribution is 2.29. The van der Waals surface area contributed by atoms with Gasteiger partial charge in [-0.25, -0.2) is 4.79 Å². The predicted octanol–water partition coefficient (Wildman–Crippen LogP) is 0.887. The topological polar surface area (TPSA) is 63.6 Å². The van der Waals surface area contributed by atoms with Crippen LogP contribution in [-0.2, 0) is 11.2 Å². The predicted molar refractivity (Wildman–Crippen MR) is 47.6 cm³/mol. The Morgan fingerprint density at radius 3 is 3.00 bits per heavy atom. The molecule has 0 bridgehead atoms. The number of ether oxygens (including phenoxy) is 1. The fourth-order valence-corrected chi connectivity index (χ4v) is 1.48. The van der Waals surface area contributed by atoms with Crippen LogP contribution < -0.4 is 4.74 Å². The first kappa shape index (κ1) is 8.74. The highest BCUT2D eigenvalue weighted by molar-refractivity contribution is 5.78. The first-order chi connectivity index (χ1) is 6.70. The van der Waals surface area contributed by atoms with E-state index in [4.69, 9.17) is 9.84 Å². The lowest BCUT2D eigenvalue weighted by Gasteiger charge is -2.02. The summed E-state index contributed by atoms with van der Waals surface area (Å²) in [5.41, 5.74) is 1.32. The molecule has 0 saturated heterocycles. The maximum Gasteiger partial charge on any atom is 0.345 e. The first-order valence-corrected chi connectivity index (χ1v) is 4.18. The lowest BCUT2D eigenvalue weighted by atomic mass is 10.1. The first-order valence-electron chi connectivity index (χ1n) is 4.18. The molecule has 1 aliphatic rings. The maximum atomic E-state index is 10.6. The highest BCUT2D eigenvalue weighted by Gasteiger charge is 2.28. The number of carboxylic acid groups (broad SMARTS) is 1. The Morgan fingerprint density at radius 1 is 1.57 bits per heavy atom.